The van der Waals surface area contributed by atoms with E-state index < -0.39 is 0 Å². The highest BCUT2D eigenvalue weighted by molar-refractivity contribution is 6.33. The van der Waals surface area contributed by atoms with E-state index in [1.54, 1.807) is 6.07 Å². The number of halogens is 1. The molecule has 0 heterocycles. The molecule has 16 heavy (non-hydrogen) atoms. The molecule has 0 amide bonds. The lowest BCUT2D eigenvalue weighted by molar-refractivity contribution is 0.303. The monoisotopic (exact) mass is 241 g/mol. The van der Waals surface area contributed by atoms with E-state index in [0.29, 0.717) is 10.7 Å². The van der Waals surface area contributed by atoms with Gasteiger partial charge in [0.25, 0.3) is 0 Å². The van der Waals surface area contributed by atoms with Crippen molar-refractivity contribution in [2.45, 2.75) is 39.5 Å². The molecule has 0 spiro atoms. The number of unbranched alkanes of at least 4 members (excludes halogenated alkanes) is 3. The number of nitrogens with two attached hydrogens (primary N) is 1. The topological polar surface area (TPSA) is 35.2 Å². The van der Waals surface area contributed by atoms with Gasteiger partial charge in [0.2, 0.25) is 0 Å². The number of rotatable bonds is 6. The third kappa shape index (κ3) is 3.93. The molecule has 2 nitrogen and oxygen atoms in total. The third-order valence-electron chi connectivity index (χ3n) is 2.55. The summed E-state index contributed by atoms with van der Waals surface area (Å²) in [7, 11) is 0. The Morgan fingerprint density at radius 2 is 2.00 bits per heavy atom. The summed E-state index contributed by atoms with van der Waals surface area (Å²) in [6, 6.07) is 3.65. The van der Waals surface area contributed by atoms with E-state index in [1.165, 1.54) is 19.3 Å². The fraction of sp³-hybridized carbons (Fsp3) is 0.538. The van der Waals surface area contributed by atoms with Crippen LogP contribution in [-0.4, -0.2) is 6.61 Å². The second-order valence-electron chi connectivity index (χ2n) is 4.05. The Kier molecular flexibility index (Phi) is 5.47. The SMILES string of the molecule is CCCCCCOc1cc(Cl)c(N)cc1C. The summed E-state index contributed by atoms with van der Waals surface area (Å²) < 4.78 is 5.68. The van der Waals surface area contributed by atoms with Crippen LogP contribution in [0.15, 0.2) is 12.1 Å². The number of ether oxygens (including phenoxy) is 1. The predicted molar refractivity (Wildman–Crippen MR) is 70.2 cm³/mol. The van der Waals surface area contributed by atoms with Crippen LogP contribution in [0.3, 0.4) is 0 Å². The molecule has 90 valence electrons. The van der Waals surface area contributed by atoms with Crippen LogP contribution in [0.1, 0.15) is 38.2 Å². The van der Waals surface area contributed by atoms with Crippen molar-refractivity contribution in [3.8, 4) is 5.75 Å². The van der Waals surface area contributed by atoms with E-state index in [0.717, 1.165) is 24.3 Å². The van der Waals surface area contributed by atoms with E-state index in [2.05, 4.69) is 6.92 Å². The molecule has 1 rings (SSSR count). The Morgan fingerprint density at radius 3 is 2.69 bits per heavy atom. The molecule has 1 aromatic rings. The van der Waals surface area contributed by atoms with Crippen LogP contribution in [0.2, 0.25) is 5.02 Å². The summed E-state index contributed by atoms with van der Waals surface area (Å²) in [6.45, 7) is 4.93. The number of hydrogen-bond donors (Lipinski definition) is 1. The fourth-order valence-electron chi connectivity index (χ4n) is 1.55. The number of benzene rings is 1. The van der Waals surface area contributed by atoms with Crippen molar-refractivity contribution in [1.29, 1.82) is 0 Å². The van der Waals surface area contributed by atoms with Gasteiger partial charge in [0.1, 0.15) is 5.75 Å². The van der Waals surface area contributed by atoms with Crippen LogP contribution >= 0.6 is 11.6 Å². The minimum atomic E-state index is 0.564. The Hall–Kier alpha value is -0.890. The number of aryl methyl sites for hydroxylation is 1. The minimum absolute atomic E-state index is 0.564. The van der Waals surface area contributed by atoms with Crippen molar-refractivity contribution >= 4 is 17.3 Å². The van der Waals surface area contributed by atoms with E-state index in [4.69, 9.17) is 22.1 Å². The average Bonchev–Trinajstić information content (AvgIpc) is 2.25. The van der Waals surface area contributed by atoms with Gasteiger partial charge in [-0.25, -0.2) is 0 Å². The lowest BCUT2D eigenvalue weighted by Gasteiger charge is -2.10. The molecule has 0 aliphatic rings. The second kappa shape index (κ2) is 6.64. The normalized spacial score (nSPS) is 10.4. The number of anilines is 1. The summed E-state index contributed by atoms with van der Waals surface area (Å²) in [6.07, 6.45) is 4.82. The molecule has 0 bridgehead atoms. The first-order chi connectivity index (χ1) is 7.65. The fourth-order valence-corrected chi connectivity index (χ4v) is 1.71. The van der Waals surface area contributed by atoms with Gasteiger partial charge in [-0.05, 0) is 25.0 Å². The summed E-state index contributed by atoms with van der Waals surface area (Å²) >= 11 is 5.94. The summed E-state index contributed by atoms with van der Waals surface area (Å²) in [4.78, 5) is 0. The minimum Gasteiger partial charge on any atom is -0.493 e. The van der Waals surface area contributed by atoms with Crippen LogP contribution in [0.4, 0.5) is 5.69 Å². The zero-order chi connectivity index (χ0) is 12.0. The lowest BCUT2D eigenvalue weighted by atomic mass is 10.2. The first-order valence-electron chi connectivity index (χ1n) is 5.83. The van der Waals surface area contributed by atoms with Gasteiger partial charge in [-0.2, -0.15) is 0 Å². The standard InChI is InChI=1S/C13H20ClNO/c1-3-4-5-6-7-16-13-9-11(14)12(15)8-10(13)2/h8-9H,3-7,15H2,1-2H3. The van der Waals surface area contributed by atoms with Gasteiger partial charge < -0.3 is 10.5 Å². The highest BCUT2D eigenvalue weighted by Gasteiger charge is 2.04. The van der Waals surface area contributed by atoms with Crippen LogP contribution in [0, 0.1) is 6.92 Å². The lowest BCUT2D eigenvalue weighted by Crippen LogP contribution is -2.00. The van der Waals surface area contributed by atoms with Crippen molar-refractivity contribution < 1.29 is 4.74 Å². The van der Waals surface area contributed by atoms with E-state index >= 15 is 0 Å². The highest BCUT2D eigenvalue weighted by Crippen LogP contribution is 2.28. The van der Waals surface area contributed by atoms with Gasteiger partial charge in [0.15, 0.2) is 0 Å². The molecule has 0 atom stereocenters. The molecule has 0 fully saturated rings. The molecule has 0 saturated heterocycles. The molecule has 0 aliphatic carbocycles. The Balaban J connectivity index is 2.45. The molecule has 0 radical (unpaired) electrons. The maximum Gasteiger partial charge on any atom is 0.123 e. The van der Waals surface area contributed by atoms with Crippen molar-refractivity contribution in [1.82, 2.24) is 0 Å². The zero-order valence-corrected chi connectivity index (χ0v) is 10.8. The summed E-state index contributed by atoms with van der Waals surface area (Å²) in [5, 5.41) is 0.564. The number of nitrogen functional groups attached to an aromatic ring is 1. The Morgan fingerprint density at radius 1 is 1.25 bits per heavy atom. The van der Waals surface area contributed by atoms with Crippen molar-refractivity contribution in [3.63, 3.8) is 0 Å². The van der Waals surface area contributed by atoms with E-state index in [-0.39, 0.29) is 0 Å². The molecule has 0 aromatic heterocycles. The second-order valence-corrected chi connectivity index (χ2v) is 4.46. The molecular formula is C13H20ClNO. The van der Waals surface area contributed by atoms with Gasteiger partial charge in [-0.1, -0.05) is 37.8 Å². The van der Waals surface area contributed by atoms with Gasteiger partial charge in [0.05, 0.1) is 17.3 Å². The van der Waals surface area contributed by atoms with Crippen molar-refractivity contribution in [2.24, 2.45) is 0 Å². The summed E-state index contributed by atoms with van der Waals surface area (Å²) in [5.41, 5.74) is 7.34. The largest absolute Gasteiger partial charge is 0.493 e. The van der Waals surface area contributed by atoms with Crippen molar-refractivity contribution in [3.05, 3.63) is 22.7 Å². The van der Waals surface area contributed by atoms with Crippen molar-refractivity contribution in [2.75, 3.05) is 12.3 Å². The predicted octanol–water partition coefficient (Wildman–Crippen LogP) is 4.19. The van der Waals surface area contributed by atoms with Crippen LogP contribution in [0.5, 0.6) is 5.75 Å². The molecule has 2 N–H and O–H groups in total. The van der Waals surface area contributed by atoms with Gasteiger partial charge >= 0.3 is 0 Å². The third-order valence-corrected chi connectivity index (χ3v) is 2.88. The smallest absolute Gasteiger partial charge is 0.123 e. The highest BCUT2D eigenvalue weighted by atomic mass is 35.5. The Bertz CT molecular complexity index is 339. The van der Waals surface area contributed by atoms with Gasteiger partial charge in [-0.15, -0.1) is 0 Å². The maximum atomic E-state index is 5.94. The van der Waals surface area contributed by atoms with E-state index in [9.17, 15) is 0 Å². The van der Waals surface area contributed by atoms with Crippen LogP contribution in [0.25, 0.3) is 0 Å². The van der Waals surface area contributed by atoms with Gasteiger partial charge in [-0.3, -0.25) is 0 Å². The van der Waals surface area contributed by atoms with Gasteiger partial charge in [0, 0.05) is 6.07 Å². The van der Waals surface area contributed by atoms with Crippen LogP contribution in [-0.2, 0) is 0 Å². The molecule has 0 unspecified atom stereocenters. The van der Waals surface area contributed by atoms with Crippen LogP contribution < -0.4 is 10.5 Å². The molecular weight excluding hydrogens is 222 g/mol. The summed E-state index contributed by atoms with van der Waals surface area (Å²) in [5.74, 6) is 0.843. The zero-order valence-electron chi connectivity index (χ0n) is 10.1. The number of hydrogen-bond acceptors (Lipinski definition) is 2. The van der Waals surface area contributed by atoms with E-state index in [1.807, 2.05) is 13.0 Å². The molecule has 3 heteroatoms. The first kappa shape index (κ1) is 13.2. The first-order valence-corrected chi connectivity index (χ1v) is 6.21. The maximum absolute atomic E-state index is 5.94. The molecule has 1 aromatic carbocycles. The average molecular weight is 242 g/mol. The molecule has 0 aliphatic heterocycles. The quantitative estimate of drug-likeness (QED) is 0.599. The Labute approximate surface area is 103 Å². The molecule has 0 saturated carbocycles.